The van der Waals surface area contributed by atoms with Gasteiger partial charge in [-0.1, -0.05) is 12.1 Å². The highest BCUT2D eigenvalue weighted by Gasteiger charge is 2.12. The molecule has 1 aromatic heterocycles. The molecule has 0 unspecified atom stereocenters. The number of benzene rings is 2. The molecule has 0 aliphatic carbocycles. The summed E-state index contributed by atoms with van der Waals surface area (Å²) in [6.45, 7) is 2.00. The van der Waals surface area contributed by atoms with Crippen LogP contribution in [0.1, 0.15) is 24.9 Å². The fourth-order valence-electron chi connectivity index (χ4n) is 2.21. The number of anilines is 1. The number of nitrogens with two attached hydrogens (primary N) is 1. The largest absolute Gasteiger partial charge is 0.457 e. The molecule has 1 heterocycles. The Bertz CT molecular complexity index is 916. The second-order valence-corrected chi connectivity index (χ2v) is 6.51. The Labute approximate surface area is 149 Å². The zero-order valence-electron chi connectivity index (χ0n) is 13.5. The fourth-order valence-corrected chi connectivity index (χ4v) is 2.96. The van der Waals surface area contributed by atoms with E-state index in [1.54, 1.807) is 36.4 Å². The smallest absolute Gasteiger partial charge is 0.265 e. The van der Waals surface area contributed by atoms with Gasteiger partial charge >= 0.3 is 0 Å². The molecule has 25 heavy (non-hydrogen) atoms. The molecule has 2 aromatic carbocycles. The Morgan fingerprint density at radius 3 is 2.32 bits per heavy atom. The molecule has 2 amide bonds. The van der Waals surface area contributed by atoms with Crippen molar-refractivity contribution in [2.24, 2.45) is 5.73 Å². The first-order valence-corrected chi connectivity index (χ1v) is 8.38. The molecular formula is C19H16N2O3S. The minimum Gasteiger partial charge on any atom is -0.457 e. The van der Waals surface area contributed by atoms with Gasteiger partial charge in [-0.15, -0.1) is 11.3 Å². The van der Waals surface area contributed by atoms with E-state index in [9.17, 15) is 9.59 Å². The number of hydrogen-bond donors (Lipinski definition) is 2. The molecule has 0 atom stereocenters. The lowest BCUT2D eigenvalue weighted by Crippen LogP contribution is -2.10. The Kier molecular flexibility index (Phi) is 4.81. The number of hydrogen-bond acceptors (Lipinski definition) is 4. The van der Waals surface area contributed by atoms with Gasteiger partial charge in [-0.3, -0.25) is 9.59 Å². The van der Waals surface area contributed by atoms with Crippen LogP contribution in [-0.4, -0.2) is 11.8 Å². The number of carbonyl (C=O) groups excluding carboxylic acids is 2. The molecule has 6 heteroatoms. The van der Waals surface area contributed by atoms with Crippen LogP contribution in [0.15, 0.2) is 60.7 Å². The van der Waals surface area contributed by atoms with E-state index < -0.39 is 5.91 Å². The number of nitrogens with one attached hydrogen (secondary N) is 1. The Hall–Kier alpha value is -3.12. The van der Waals surface area contributed by atoms with Gasteiger partial charge in [-0.2, -0.15) is 0 Å². The Morgan fingerprint density at radius 1 is 0.960 bits per heavy atom. The molecule has 3 N–H and O–H groups in total. The number of rotatable bonds is 5. The van der Waals surface area contributed by atoms with Crippen LogP contribution in [0.2, 0.25) is 0 Å². The molecule has 0 saturated carbocycles. The van der Waals surface area contributed by atoms with Crippen molar-refractivity contribution >= 4 is 28.8 Å². The molecule has 5 nitrogen and oxygen atoms in total. The van der Waals surface area contributed by atoms with Gasteiger partial charge in [-0.05, 0) is 61.0 Å². The van der Waals surface area contributed by atoms with Gasteiger partial charge in [0.05, 0.1) is 9.75 Å². The first-order chi connectivity index (χ1) is 12.0. The third-order valence-electron chi connectivity index (χ3n) is 3.41. The van der Waals surface area contributed by atoms with Crippen molar-refractivity contribution in [2.45, 2.75) is 6.92 Å². The first-order valence-electron chi connectivity index (χ1n) is 7.57. The number of thiophene rings is 1. The quantitative estimate of drug-likeness (QED) is 0.722. The summed E-state index contributed by atoms with van der Waals surface area (Å²) in [7, 11) is 0. The summed E-state index contributed by atoms with van der Waals surface area (Å²) in [5.41, 5.74) is 6.95. The maximum absolute atomic E-state index is 12.2. The fraction of sp³-hybridized carbons (Fsp3) is 0.0526. The van der Waals surface area contributed by atoms with Gasteiger partial charge in [0.15, 0.2) is 0 Å². The molecule has 126 valence electrons. The standard InChI is InChI=1S/C19H16N2O3S/c1-12-3-2-4-15(11-12)24-14-7-5-13(6-8-14)21-19(23)17-10-9-16(25-17)18(20)22/h2-11H,1H3,(H2,20,22)(H,21,23). The molecule has 0 spiro atoms. The molecule has 0 radical (unpaired) electrons. The summed E-state index contributed by atoms with van der Waals surface area (Å²) >= 11 is 1.06. The highest BCUT2D eigenvalue weighted by atomic mass is 32.1. The first kappa shape index (κ1) is 16.7. The third-order valence-corrected chi connectivity index (χ3v) is 4.51. The SMILES string of the molecule is Cc1cccc(Oc2ccc(NC(=O)c3ccc(C(N)=O)s3)cc2)c1. The number of aryl methyl sites for hydroxylation is 1. The van der Waals surface area contributed by atoms with Gasteiger partial charge in [0.1, 0.15) is 11.5 Å². The van der Waals surface area contributed by atoms with Crippen LogP contribution in [0.25, 0.3) is 0 Å². The minimum atomic E-state index is -0.540. The molecular weight excluding hydrogens is 336 g/mol. The zero-order chi connectivity index (χ0) is 17.8. The summed E-state index contributed by atoms with van der Waals surface area (Å²) < 4.78 is 5.77. The van der Waals surface area contributed by atoms with Crippen molar-refractivity contribution in [3.8, 4) is 11.5 Å². The topological polar surface area (TPSA) is 81.4 Å². The average Bonchev–Trinajstić information content (AvgIpc) is 3.07. The van der Waals surface area contributed by atoms with Crippen LogP contribution in [0, 0.1) is 6.92 Å². The summed E-state index contributed by atoms with van der Waals surface area (Å²) in [5.74, 6) is 0.608. The van der Waals surface area contributed by atoms with Crippen molar-refractivity contribution in [1.29, 1.82) is 0 Å². The zero-order valence-corrected chi connectivity index (χ0v) is 14.3. The lowest BCUT2D eigenvalue weighted by molar-refractivity contribution is 0.100. The minimum absolute atomic E-state index is 0.287. The van der Waals surface area contributed by atoms with Crippen LogP contribution in [0.5, 0.6) is 11.5 Å². The average molecular weight is 352 g/mol. The third kappa shape index (κ3) is 4.24. The second-order valence-electron chi connectivity index (χ2n) is 5.43. The van der Waals surface area contributed by atoms with Gasteiger partial charge in [0.2, 0.25) is 0 Å². The van der Waals surface area contributed by atoms with Crippen LogP contribution in [0.4, 0.5) is 5.69 Å². The summed E-state index contributed by atoms with van der Waals surface area (Å²) in [6.07, 6.45) is 0. The summed E-state index contributed by atoms with van der Waals surface area (Å²) in [5, 5.41) is 2.77. The maximum Gasteiger partial charge on any atom is 0.265 e. The lowest BCUT2D eigenvalue weighted by Gasteiger charge is -2.08. The van der Waals surface area contributed by atoms with Gasteiger partial charge in [0.25, 0.3) is 11.8 Å². The van der Waals surface area contributed by atoms with Crippen LogP contribution >= 0.6 is 11.3 Å². The van der Waals surface area contributed by atoms with E-state index in [1.807, 2.05) is 31.2 Å². The van der Waals surface area contributed by atoms with Gasteiger partial charge in [0, 0.05) is 5.69 Å². The van der Waals surface area contributed by atoms with Crippen molar-refractivity contribution in [1.82, 2.24) is 0 Å². The van der Waals surface area contributed by atoms with Crippen LogP contribution in [-0.2, 0) is 0 Å². The number of ether oxygens (including phenoxy) is 1. The van der Waals surface area contributed by atoms with Crippen LogP contribution in [0.3, 0.4) is 0 Å². The van der Waals surface area contributed by atoms with E-state index in [0.717, 1.165) is 22.6 Å². The summed E-state index contributed by atoms with van der Waals surface area (Å²) in [4.78, 5) is 24.0. The lowest BCUT2D eigenvalue weighted by atomic mass is 10.2. The highest BCUT2D eigenvalue weighted by Crippen LogP contribution is 2.24. The second kappa shape index (κ2) is 7.19. The Morgan fingerprint density at radius 2 is 1.68 bits per heavy atom. The van der Waals surface area contributed by atoms with E-state index >= 15 is 0 Å². The van der Waals surface area contributed by atoms with Gasteiger partial charge in [-0.25, -0.2) is 0 Å². The predicted molar refractivity (Wildman–Crippen MR) is 98.5 cm³/mol. The summed E-state index contributed by atoms with van der Waals surface area (Å²) in [6, 6.07) is 18.0. The monoisotopic (exact) mass is 352 g/mol. The van der Waals surface area contributed by atoms with E-state index in [1.165, 1.54) is 0 Å². The molecule has 3 rings (SSSR count). The molecule has 0 bridgehead atoms. The van der Waals surface area contributed by atoms with Gasteiger partial charge < -0.3 is 15.8 Å². The number of amides is 2. The predicted octanol–water partition coefficient (Wildman–Crippen LogP) is 4.20. The van der Waals surface area contributed by atoms with Crippen molar-refractivity contribution in [3.63, 3.8) is 0 Å². The maximum atomic E-state index is 12.2. The highest BCUT2D eigenvalue weighted by molar-refractivity contribution is 7.16. The number of carbonyl (C=O) groups is 2. The van der Waals surface area contributed by atoms with Crippen molar-refractivity contribution < 1.29 is 14.3 Å². The van der Waals surface area contributed by atoms with Crippen LogP contribution < -0.4 is 15.8 Å². The van der Waals surface area contributed by atoms with E-state index in [4.69, 9.17) is 10.5 Å². The molecule has 0 saturated heterocycles. The van der Waals surface area contributed by atoms with E-state index in [0.29, 0.717) is 21.2 Å². The van der Waals surface area contributed by atoms with E-state index in [-0.39, 0.29) is 5.91 Å². The molecule has 3 aromatic rings. The van der Waals surface area contributed by atoms with Crippen molar-refractivity contribution in [2.75, 3.05) is 5.32 Å². The number of primary amides is 1. The normalized spacial score (nSPS) is 10.3. The molecule has 0 fully saturated rings. The molecule has 0 aliphatic heterocycles. The molecule has 0 aliphatic rings. The van der Waals surface area contributed by atoms with E-state index in [2.05, 4.69) is 5.32 Å². The Balaban J connectivity index is 1.65. The van der Waals surface area contributed by atoms with Crippen molar-refractivity contribution in [3.05, 3.63) is 76.0 Å².